The molecule has 0 aromatic rings. The lowest BCUT2D eigenvalue weighted by Gasteiger charge is -2.26. The van der Waals surface area contributed by atoms with Gasteiger partial charge in [-0.15, -0.1) is 5.73 Å². The van der Waals surface area contributed by atoms with Crippen LogP contribution in [-0.4, -0.2) is 33.4 Å². The Hall–Kier alpha value is -0.353. The van der Waals surface area contributed by atoms with Gasteiger partial charge >= 0.3 is 5.97 Å². The van der Waals surface area contributed by atoms with Crippen molar-refractivity contribution >= 4 is 30.0 Å². The number of rotatable bonds is 5. The van der Waals surface area contributed by atoms with E-state index in [1.165, 1.54) is 22.2 Å². The van der Waals surface area contributed by atoms with Crippen LogP contribution >= 0.6 is 15.9 Å². The highest BCUT2D eigenvalue weighted by molar-refractivity contribution is 9.12. The first-order valence-electron chi connectivity index (χ1n) is 6.48. The number of esters is 1. The fourth-order valence-corrected chi connectivity index (χ4v) is 7.59. The molecule has 1 fully saturated rings. The maximum absolute atomic E-state index is 11.1. The lowest BCUT2D eigenvalue weighted by molar-refractivity contribution is -0.165. The van der Waals surface area contributed by atoms with E-state index in [4.69, 9.17) is 9.47 Å². The highest BCUT2D eigenvalue weighted by atomic mass is 79.9. The summed E-state index contributed by atoms with van der Waals surface area (Å²) in [5.41, 5.74) is 3.28. The Bertz CT molecular complexity index is 349. The molecule has 0 aromatic heterocycles. The molecule has 1 aliphatic rings. The van der Waals surface area contributed by atoms with Crippen molar-refractivity contribution in [1.29, 1.82) is 0 Å². The topological polar surface area (TPSA) is 35.5 Å². The molecule has 0 saturated carbocycles. The summed E-state index contributed by atoms with van der Waals surface area (Å²) in [4.78, 5) is 11.1. The Balaban J connectivity index is 2.83. The van der Waals surface area contributed by atoms with Gasteiger partial charge in [-0.2, -0.15) is 0 Å². The second-order valence-electron chi connectivity index (χ2n) is 4.51. The van der Waals surface area contributed by atoms with Crippen molar-refractivity contribution in [3.63, 3.8) is 0 Å². The van der Waals surface area contributed by atoms with Crippen molar-refractivity contribution in [2.75, 3.05) is 13.2 Å². The molecule has 0 radical (unpaired) electrons. The Morgan fingerprint density at radius 3 is 2.56 bits per heavy atom. The molecular weight excluding hydrogens is 312 g/mol. The molecule has 3 nitrogen and oxygen atoms in total. The zero-order chi connectivity index (χ0) is 13.6. The van der Waals surface area contributed by atoms with Crippen molar-refractivity contribution in [2.24, 2.45) is 0 Å². The summed E-state index contributed by atoms with van der Waals surface area (Å²) in [6, 6.07) is 3.59. The lowest BCUT2D eigenvalue weighted by Crippen LogP contribution is -2.32. The van der Waals surface area contributed by atoms with Crippen LogP contribution in [0.25, 0.3) is 0 Å². The zero-order valence-electron chi connectivity index (χ0n) is 11.3. The maximum Gasteiger partial charge on any atom is 0.332 e. The second-order valence-corrected chi connectivity index (χ2v) is 11.2. The van der Waals surface area contributed by atoms with E-state index >= 15 is 0 Å². The third-order valence-corrected chi connectivity index (χ3v) is 11.6. The maximum atomic E-state index is 11.1. The van der Waals surface area contributed by atoms with E-state index in [1.807, 2.05) is 6.08 Å². The van der Waals surface area contributed by atoms with Crippen LogP contribution in [0, 0.1) is 0 Å². The fraction of sp³-hybridized carbons (Fsp3) is 0.692. The number of carbonyl (C=O) groups is 1. The summed E-state index contributed by atoms with van der Waals surface area (Å²) in [5, 5.41) is 0. The second kappa shape index (κ2) is 7.29. The summed E-state index contributed by atoms with van der Waals surface area (Å²) in [6.07, 6.45) is 1.51. The third kappa shape index (κ3) is 3.82. The average Bonchev–Trinajstić information content (AvgIpc) is 2.39. The lowest BCUT2D eigenvalue weighted by atomic mass is 10.3. The van der Waals surface area contributed by atoms with Crippen LogP contribution in [0.3, 0.4) is 0 Å². The van der Waals surface area contributed by atoms with Crippen molar-refractivity contribution in [2.45, 2.75) is 45.0 Å². The first kappa shape index (κ1) is 15.7. The fourth-order valence-electron chi connectivity index (χ4n) is 2.11. The molecule has 0 bridgehead atoms. The highest BCUT2D eigenvalue weighted by Gasteiger charge is 2.30. The van der Waals surface area contributed by atoms with E-state index in [1.54, 1.807) is 0 Å². The number of halogens is 1. The van der Waals surface area contributed by atoms with Crippen molar-refractivity contribution in [3.8, 4) is 0 Å². The van der Waals surface area contributed by atoms with Crippen LogP contribution in [0.5, 0.6) is 0 Å². The average molecular weight is 333 g/mol. The molecule has 1 rings (SSSR count). The molecule has 0 amide bonds. The number of ether oxygens (including phenoxy) is 2. The van der Waals surface area contributed by atoms with Crippen LogP contribution in [0.2, 0.25) is 18.1 Å². The van der Waals surface area contributed by atoms with E-state index < -0.39 is 8.07 Å². The van der Waals surface area contributed by atoms with Crippen molar-refractivity contribution in [3.05, 3.63) is 15.9 Å². The van der Waals surface area contributed by atoms with Crippen LogP contribution in [0.4, 0.5) is 0 Å². The van der Waals surface area contributed by atoms with E-state index in [-0.39, 0.29) is 18.7 Å². The standard InChI is InChI=1S/C13H21BrO3Si/c1-4-18(5-2,6-3)12(14)8-7-11-9-16-10-13(15)17-11/h7,11H,4-6,9-10H2,1-3H3/t8?,11-/m0/s1. The summed E-state index contributed by atoms with van der Waals surface area (Å²) in [6.45, 7) is 7.22. The van der Waals surface area contributed by atoms with Gasteiger partial charge < -0.3 is 9.47 Å². The van der Waals surface area contributed by atoms with Gasteiger partial charge in [0.25, 0.3) is 0 Å². The molecule has 0 aliphatic carbocycles. The molecule has 0 unspecified atom stereocenters. The van der Waals surface area contributed by atoms with Gasteiger partial charge in [0.05, 0.1) is 6.61 Å². The van der Waals surface area contributed by atoms with Crippen molar-refractivity contribution < 1.29 is 14.3 Å². The number of hydrogen-bond donors (Lipinski definition) is 0. The normalized spacial score (nSPS) is 20.0. The number of cyclic esters (lactones) is 1. The Labute approximate surface area is 118 Å². The van der Waals surface area contributed by atoms with E-state index in [0.29, 0.717) is 6.61 Å². The van der Waals surface area contributed by atoms with Gasteiger partial charge in [-0.05, 0) is 0 Å². The molecule has 5 heteroatoms. The van der Waals surface area contributed by atoms with Gasteiger partial charge in [0.1, 0.15) is 14.7 Å². The smallest absolute Gasteiger partial charge is 0.332 e. The molecule has 0 aromatic carbocycles. The van der Waals surface area contributed by atoms with E-state index in [2.05, 4.69) is 42.4 Å². The van der Waals surface area contributed by atoms with Crippen LogP contribution in [0.1, 0.15) is 20.8 Å². The summed E-state index contributed by atoms with van der Waals surface area (Å²) in [7, 11) is -1.41. The van der Waals surface area contributed by atoms with Gasteiger partial charge in [-0.3, -0.25) is 0 Å². The summed E-state index contributed by atoms with van der Waals surface area (Å²) in [5.74, 6) is -0.301. The first-order valence-corrected chi connectivity index (χ1v) is 9.89. The summed E-state index contributed by atoms with van der Waals surface area (Å²) < 4.78 is 11.5. The molecule has 102 valence electrons. The predicted octanol–water partition coefficient (Wildman–Crippen LogP) is 3.41. The monoisotopic (exact) mass is 332 g/mol. The molecule has 0 N–H and O–H groups in total. The summed E-state index contributed by atoms with van der Waals surface area (Å²) >= 11 is 3.68. The van der Waals surface area contributed by atoms with Gasteiger partial charge in [-0.25, -0.2) is 4.79 Å². The largest absolute Gasteiger partial charge is 0.453 e. The minimum Gasteiger partial charge on any atom is -0.453 e. The van der Waals surface area contributed by atoms with E-state index in [9.17, 15) is 4.79 Å². The SMILES string of the molecule is CC[Si](CC)(CC)C(Br)=C=C[C@H]1COCC(=O)O1. The zero-order valence-corrected chi connectivity index (χ0v) is 13.9. The van der Waals surface area contributed by atoms with Gasteiger partial charge in [0.15, 0.2) is 6.10 Å². The first-order chi connectivity index (χ1) is 8.57. The molecular formula is C13H21BrO3Si. The predicted molar refractivity (Wildman–Crippen MR) is 78.4 cm³/mol. The quantitative estimate of drug-likeness (QED) is 0.439. The van der Waals surface area contributed by atoms with Gasteiger partial charge in [0.2, 0.25) is 0 Å². The molecule has 1 atom stereocenters. The Kier molecular flexibility index (Phi) is 6.36. The van der Waals surface area contributed by atoms with Gasteiger partial charge in [-0.1, -0.05) is 54.8 Å². The van der Waals surface area contributed by atoms with Gasteiger partial charge in [0, 0.05) is 10.2 Å². The molecule has 1 saturated heterocycles. The highest BCUT2D eigenvalue weighted by Crippen LogP contribution is 2.31. The minimum atomic E-state index is -1.41. The number of carbonyl (C=O) groups excluding carboxylic acids is 1. The molecule has 1 aliphatic heterocycles. The van der Waals surface area contributed by atoms with Crippen LogP contribution in [-0.2, 0) is 14.3 Å². The van der Waals surface area contributed by atoms with Crippen LogP contribution in [0.15, 0.2) is 15.9 Å². The van der Waals surface area contributed by atoms with E-state index in [0.717, 1.165) is 0 Å². The third-order valence-electron chi connectivity index (χ3n) is 3.68. The molecule has 18 heavy (non-hydrogen) atoms. The van der Waals surface area contributed by atoms with Crippen molar-refractivity contribution in [1.82, 2.24) is 0 Å². The van der Waals surface area contributed by atoms with Crippen LogP contribution < -0.4 is 0 Å². The Morgan fingerprint density at radius 2 is 2.06 bits per heavy atom. The Morgan fingerprint density at radius 1 is 1.44 bits per heavy atom. The molecule has 0 spiro atoms. The molecule has 1 heterocycles. The minimum absolute atomic E-state index is 0.0623. The number of hydrogen-bond acceptors (Lipinski definition) is 3.